The molecule has 1 fully saturated rings. The number of amides is 1. The molecule has 4 heteroatoms. The van der Waals surface area contributed by atoms with Crippen LogP contribution in [0.3, 0.4) is 0 Å². The Morgan fingerprint density at radius 2 is 1.44 bits per heavy atom. The van der Waals surface area contributed by atoms with Crippen LogP contribution in [0.15, 0.2) is 0 Å². The lowest BCUT2D eigenvalue weighted by atomic mass is 10.1. The van der Waals surface area contributed by atoms with Crippen molar-refractivity contribution in [2.24, 2.45) is 0 Å². The third-order valence-corrected chi connectivity index (χ3v) is 4.72. The molecule has 0 aromatic carbocycles. The first-order chi connectivity index (χ1) is 12.1. The summed E-state index contributed by atoms with van der Waals surface area (Å²) >= 11 is 0. The molecule has 1 rings (SSSR count). The van der Waals surface area contributed by atoms with Gasteiger partial charge in [-0.25, -0.2) is 0 Å². The SMILES string of the molecule is CC(O)CO.CCCCCCCCCCCCN1CCCCCC1=O. The lowest BCUT2D eigenvalue weighted by Gasteiger charge is -2.20. The Kier molecular flexibility index (Phi) is 17.7. The van der Waals surface area contributed by atoms with E-state index in [9.17, 15) is 4.79 Å². The highest BCUT2D eigenvalue weighted by atomic mass is 16.3. The Balaban J connectivity index is 0.00000101. The van der Waals surface area contributed by atoms with Crippen LogP contribution in [0.1, 0.15) is 104 Å². The number of rotatable bonds is 12. The predicted molar refractivity (Wildman–Crippen MR) is 106 cm³/mol. The molecule has 0 aromatic heterocycles. The van der Waals surface area contributed by atoms with Gasteiger partial charge >= 0.3 is 0 Å². The van der Waals surface area contributed by atoms with Crippen LogP contribution in [0.5, 0.6) is 0 Å². The van der Waals surface area contributed by atoms with E-state index in [-0.39, 0.29) is 6.61 Å². The van der Waals surface area contributed by atoms with Crippen LogP contribution < -0.4 is 0 Å². The van der Waals surface area contributed by atoms with Crippen molar-refractivity contribution in [3.05, 3.63) is 0 Å². The smallest absolute Gasteiger partial charge is 0.222 e. The first-order valence-electron chi connectivity index (χ1n) is 10.7. The van der Waals surface area contributed by atoms with Gasteiger partial charge < -0.3 is 15.1 Å². The van der Waals surface area contributed by atoms with Gasteiger partial charge in [-0.3, -0.25) is 4.79 Å². The molecule has 0 spiro atoms. The zero-order valence-electron chi connectivity index (χ0n) is 16.8. The molecule has 2 N–H and O–H groups in total. The van der Waals surface area contributed by atoms with E-state index >= 15 is 0 Å². The number of unbranched alkanes of at least 4 members (excludes halogenated alkanes) is 9. The topological polar surface area (TPSA) is 60.8 Å². The second kappa shape index (κ2) is 18.2. The maximum Gasteiger partial charge on any atom is 0.222 e. The maximum atomic E-state index is 11.8. The molecule has 25 heavy (non-hydrogen) atoms. The largest absolute Gasteiger partial charge is 0.394 e. The molecule has 1 aliphatic rings. The lowest BCUT2D eigenvalue weighted by molar-refractivity contribution is -0.130. The number of carbonyl (C=O) groups is 1. The van der Waals surface area contributed by atoms with Crippen molar-refractivity contribution < 1.29 is 15.0 Å². The minimum absolute atomic E-state index is 0.139. The first kappa shape index (κ1) is 24.4. The van der Waals surface area contributed by atoms with Crippen molar-refractivity contribution in [2.45, 2.75) is 110 Å². The molecule has 0 radical (unpaired) electrons. The molecule has 1 saturated heterocycles. The van der Waals surface area contributed by atoms with Crippen molar-refractivity contribution in [1.82, 2.24) is 4.90 Å². The van der Waals surface area contributed by atoms with Crippen molar-refractivity contribution >= 4 is 5.91 Å². The zero-order valence-corrected chi connectivity index (χ0v) is 16.8. The molecule has 1 amide bonds. The van der Waals surface area contributed by atoms with Crippen LogP contribution in [0.25, 0.3) is 0 Å². The zero-order chi connectivity index (χ0) is 18.8. The minimum Gasteiger partial charge on any atom is -0.394 e. The normalized spacial score (nSPS) is 16.2. The quantitative estimate of drug-likeness (QED) is 0.499. The summed E-state index contributed by atoms with van der Waals surface area (Å²) in [5.41, 5.74) is 0. The number of aliphatic hydroxyl groups excluding tert-OH is 2. The Morgan fingerprint density at radius 3 is 1.96 bits per heavy atom. The number of carbonyl (C=O) groups excluding carboxylic acids is 1. The summed E-state index contributed by atoms with van der Waals surface area (Å²) in [6.07, 6.45) is 17.5. The van der Waals surface area contributed by atoms with E-state index in [1.54, 1.807) is 0 Å². The molecule has 4 nitrogen and oxygen atoms in total. The van der Waals surface area contributed by atoms with E-state index in [1.807, 2.05) is 0 Å². The van der Waals surface area contributed by atoms with Gasteiger partial charge in [0.05, 0.1) is 12.7 Å². The molecule has 1 aliphatic heterocycles. The second-order valence-electron chi connectivity index (χ2n) is 7.41. The second-order valence-corrected chi connectivity index (χ2v) is 7.41. The van der Waals surface area contributed by atoms with Gasteiger partial charge in [0.25, 0.3) is 0 Å². The fourth-order valence-corrected chi connectivity index (χ4v) is 3.07. The molecule has 0 bridgehead atoms. The molecule has 0 aliphatic carbocycles. The predicted octanol–water partition coefficient (Wildman–Crippen LogP) is 4.67. The van der Waals surface area contributed by atoms with Crippen LogP contribution in [-0.2, 0) is 4.79 Å². The number of aliphatic hydroxyl groups is 2. The van der Waals surface area contributed by atoms with Crippen molar-refractivity contribution in [3.8, 4) is 0 Å². The highest BCUT2D eigenvalue weighted by molar-refractivity contribution is 5.76. The minimum atomic E-state index is -0.560. The Hall–Kier alpha value is -0.610. The van der Waals surface area contributed by atoms with E-state index < -0.39 is 6.10 Å². The summed E-state index contributed by atoms with van der Waals surface area (Å²) in [5, 5.41) is 16.0. The van der Waals surface area contributed by atoms with Gasteiger partial charge in [-0.1, -0.05) is 71.1 Å². The van der Waals surface area contributed by atoms with Gasteiger partial charge in [0.15, 0.2) is 0 Å². The van der Waals surface area contributed by atoms with Crippen LogP contribution >= 0.6 is 0 Å². The highest BCUT2D eigenvalue weighted by Gasteiger charge is 2.15. The standard InChI is InChI=1S/C18H35NO.C3H8O2/c1-2-3-4-5-6-7-8-9-10-13-16-19-17-14-11-12-15-18(19)20;1-3(5)2-4/h2-17H2,1H3;3-5H,2H2,1H3. The summed E-state index contributed by atoms with van der Waals surface area (Å²) < 4.78 is 0. The number of nitrogens with zero attached hydrogens (tertiary/aromatic N) is 1. The summed E-state index contributed by atoms with van der Waals surface area (Å²) in [7, 11) is 0. The fraction of sp³-hybridized carbons (Fsp3) is 0.952. The van der Waals surface area contributed by atoms with Crippen LogP contribution in [0.2, 0.25) is 0 Å². The number of hydrogen-bond donors (Lipinski definition) is 2. The summed E-state index contributed by atoms with van der Waals surface area (Å²) in [5.74, 6) is 0.401. The summed E-state index contributed by atoms with van der Waals surface area (Å²) in [4.78, 5) is 13.9. The van der Waals surface area contributed by atoms with E-state index in [0.717, 1.165) is 25.9 Å². The fourth-order valence-electron chi connectivity index (χ4n) is 3.07. The van der Waals surface area contributed by atoms with Crippen LogP contribution in [-0.4, -0.2) is 46.8 Å². The number of likely N-dealkylation sites (tertiary alicyclic amines) is 1. The van der Waals surface area contributed by atoms with Crippen molar-refractivity contribution in [2.75, 3.05) is 19.7 Å². The van der Waals surface area contributed by atoms with E-state index in [1.165, 1.54) is 84.0 Å². The maximum absolute atomic E-state index is 11.8. The lowest BCUT2D eigenvalue weighted by Crippen LogP contribution is -2.31. The Bertz CT molecular complexity index is 295. The van der Waals surface area contributed by atoms with Crippen molar-refractivity contribution in [3.63, 3.8) is 0 Å². The molecule has 1 atom stereocenters. The molecule has 1 unspecified atom stereocenters. The van der Waals surface area contributed by atoms with E-state index in [0.29, 0.717) is 5.91 Å². The van der Waals surface area contributed by atoms with Gasteiger partial charge in [-0.2, -0.15) is 0 Å². The van der Waals surface area contributed by atoms with Gasteiger partial charge in [0.1, 0.15) is 0 Å². The van der Waals surface area contributed by atoms with E-state index in [2.05, 4.69) is 11.8 Å². The van der Waals surface area contributed by atoms with Crippen LogP contribution in [0, 0.1) is 0 Å². The monoisotopic (exact) mass is 357 g/mol. The van der Waals surface area contributed by atoms with Gasteiger partial charge in [0, 0.05) is 19.5 Å². The Labute approximate surface area is 156 Å². The first-order valence-corrected chi connectivity index (χ1v) is 10.7. The van der Waals surface area contributed by atoms with Crippen LogP contribution in [0.4, 0.5) is 0 Å². The summed E-state index contributed by atoms with van der Waals surface area (Å²) in [6, 6.07) is 0. The molecular weight excluding hydrogens is 314 g/mol. The third kappa shape index (κ3) is 16.6. The molecule has 0 saturated carbocycles. The Morgan fingerprint density at radius 1 is 0.920 bits per heavy atom. The molecule has 150 valence electrons. The molecule has 0 aromatic rings. The van der Waals surface area contributed by atoms with Crippen molar-refractivity contribution in [1.29, 1.82) is 0 Å². The average Bonchev–Trinajstić information content (AvgIpc) is 2.81. The van der Waals surface area contributed by atoms with Gasteiger partial charge in [-0.05, 0) is 26.2 Å². The average molecular weight is 358 g/mol. The number of hydrogen-bond acceptors (Lipinski definition) is 3. The third-order valence-electron chi connectivity index (χ3n) is 4.72. The molecule has 1 heterocycles. The summed E-state index contributed by atoms with van der Waals surface area (Å²) in [6.45, 7) is 5.68. The van der Waals surface area contributed by atoms with Gasteiger partial charge in [-0.15, -0.1) is 0 Å². The van der Waals surface area contributed by atoms with Gasteiger partial charge in [0.2, 0.25) is 5.91 Å². The highest BCUT2D eigenvalue weighted by Crippen LogP contribution is 2.14. The molecular formula is C21H43NO3. The van der Waals surface area contributed by atoms with E-state index in [4.69, 9.17) is 10.2 Å².